The zero-order chi connectivity index (χ0) is 7.11. The second kappa shape index (κ2) is 5.22. The number of hydrogen-bond acceptors (Lipinski definition) is 1. The molecule has 0 aliphatic rings. The first-order valence-electron chi connectivity index (χ1n) is 2.79. The Kier molecular flexibility index (Phi) is 4.69. The molecule has 0 aromatic heterocycles. The number of unbranched alkanes of at least 4 members (excludes halogenated alkanes) is 1. The van der Waals surface area contributed by atoms with E-state index in [4.69, 9.17) is 0 Å². The Hall–Kier alpha value is -0.920. The van der Waals surface area contributed by atoms with Crippen LogP contribution in [0.25, 0.3) is 0 Å². The zero-order valence-electron chi connectivity index (χ0n) is 5.34. The molecule has 0 aliphatic carbocycles. The van der Waals surface area contributed by atoms with Gasteiger partial charge in [-0.25, -0.2) is 4.99 Å². The summed E-state index contributed by atoms with van der Waals surface area (Å²) in [5.74, 6) is -0.288. The summed E-state index contributed by atoms with van der Waals surface area (Å²) in [5, 5.41) is 0. The third-order valence-electron chi connectivity index (χ3n) is 0.726. The van der Waals surface area contributed by atoms with Gasteiger partial charge in [0.15, 0.2) is 0 Å². The maximum absolute atomic E-state index is 10.4. The predicted octanol–water partition coefficient (Wildman–Crippen LogP) is 1.38. The maximum atomic E-state index is 10.4. The summed E-state index contributed by atoms with van der Waals surface area (Å²) in [4.78, 5) is 13.9. The van der Waals surface area contributed by atoms with Crippen molar-refractivity contribution in [2.75, 3.05) is 0 Å². The summed E-state index contributed by atoms with van der Waals surface area (Å²) >= 11 is 0. The summed E-state index contributed by atoms with van der Waals surface area (Å²) in [7, 11) is 0. The normalized spacial score (nSPS) is 9.89. The van der Waals surface area contributed by atoms with Crippen LogP contribution in [-0.4, -0.2) is 12.1 Å². The molecule has 0 aromatic carbocycles. The Bertz CT molecular complexity index is 127. The Morgan fingerprint density at radius 1 is 1.67 bits per heavy atom. The van der Waals surface area contributed by atoms with Crippen molar-refractivity contribution in [2.45, 2.75) is 12.8 Å². The maximum Gasteiger partial charge on any atom is 0.268 e. The largest absolute Gasteiger partial charge is 0.268 e. The van der Waals surface area contributed by atoms with Gasteiger partial charge in [0.1, 0.15) is 0 Å². The average Bonchev–Trinajstić information content (AvgIpc) is 1.89. The first-order valence-corrected chi connectivity index (χ1v) is 2.79. The van der Waals surface area contributed by atoms with E-state index < -0.39 is 0 Å². The fourth-order valence-corrected chi connectivity index (χ4v) is 0.299. The van der Waals surface area contributed by atoms with Crippen molar-refractivity contribution in [3.63, 3.8) is 0 Å². The molecular formula is C7H10NO. The molecule has 0 spiro atoms. The number of rotatable bonds is 3. The second-order valence-corrected chi connectivity index (χ2v) is 1.50. The van der Waals surface area contributed by atoms with Gasteiger partial charge in [0.2, 0.25) is 0 Å². The van der Waals surface area contributed by atoms with E-state index >= 15 is 0 Å². The number of hydrogen-bond donors (Lipinski definition) is 0. The molecule has 1 amide bonds. The highest BCUT2D eigenvalue weighted by molar-refractivity contribution is 5.92. The second-order valence-electron chi connectivity index (χ2n) is 1.50. The van der Waals surface area contributed by atoms with Crippen LogP contribution in [0.5, 0.6) is 0 Å². The van der Waals surface area contributed by atoms with E-state index in [1.54, 1.807) is 6.21 Å². The molecule has 0 unspecified atom stereocenters. The van der Waals surface area contributed by atoms with Crippen LogP contribution < -0.4 is 0 Å². The topological polar surface area (TPSA) is 29.4 Å². The third kappa shape index (κ3) is 4.94. The molecule has 0 saturated heterocycles. The highest BCUT2D eigenvalue weighted by Crippen LogP contribution is 1.81. The molecule has 1 radical (unpaired) electrons. The van der Waals surface area contributed by atoms with Gasteiger partial charge in [-0.2, -0.15) is 0 Å². The lowest BCUT2D eigenvalue weighted by atomic mass is 10.4. The number of aliphatic imine (C=N–C) groups is 1. The molecule has 0 N–H and O–H groups in total. The molecule has 49 valence electrons. The van der Waals surface area contributed by atoms with Gasteiger partial charge in [0.25, 0.3) is 5.91 Å². The van der Waals surface area contributed by atoms with Crippen molar-refractivity contribution in [3.8, 4) is 0 Å². The Morgan fingerprint density at radius 2 is 2.33 bits per heavy atom. The molecule has 0 rings (SSSR count). The number of carbonyl (C=O) groups excluding carboxylic acids is 1. The fourth-order valence-electron chi connectivity index (χ4n) is 0.299. The van der Waals surface area contributed by atoms with Crippen LogP contribution in [0, 0.1) is 6.92 Å². The summed E-state index contributed by atoms with van der Waals surface area (Å²) in [6, 6.07) is 0. The molecule has 0 fully saturated rings. The molecule has 2 nitrogen and oxygen atoms in total. The lowest BCUT2D eigenvalue weighted by molar-refractivity contribution is -0.113. The van der Waals surface area contributed by atoms with E-state index in [2.05, 4.69) is 18.5 Å². The standard InChI is InChI=1S/C7H10NO/c1-3-5-6-8-7(9)4-2/h4,6H,1-3,5H2. The molecule has 0 aromatic rings. The monoisotopic (exact) mass is 124 g/mol. The average molecular weight is 124 g/mol. The van der Waals surface area contributed by atoms with Crippen molar-refractivity contribution >= 4 is 12.1 Å². The molecule has 0 saturated carbocycles. The summed E-state index contributed by atoms with van der Waals surface area (Å²) in [6.07, 6.45) is 4.25. The lowest BCUT2D eigenvalue weighted by Gasteiger charge is -1.80. The summed E-state index contributed by atoms with van der Waals surface area (Å²) in [5.41, 5.74) is 0. The van der Waals surface area contributed by atoms with Crippen LogP contribution in [0.2, 0.25) is 0 Å². The molecular weight excluding hydrogens is 114 g/mol. The Morgan fingerprint density at radius 3 is 2.78 bits per heavy atom. The first-order chi connectivity index (χ1) is 4.31. The van der Waals surface area contributed by atoms with Crippen molar-refractivity contribution in [3.05, 3.63) is 19.6 Å². The predicted molar refractivity (Wildman–Crippen MR) is 38.3 cm³/mol. The van der Waals surface area contributed by atoms with Crippen molar-refractivity contribution < 1.29 is 4.79 Å². The highest BCUT2D eigenvalue weighted by atomic mass is 16.1. The van der Waals surface area contributed by atoms with Gasteiger partial charge in [-0.1, -0.05) is 13.5 Å². The highest BCUT2D eigenvalue weighted by Gasteiger charge is 1.83. The minimum absolute atomic E-state index is 0.288. The molecule has 2 heteroatoms. The van der Waals surface area contributed by atoms with E-state index in [0.29, 0.717) is 0 Å². The fraction of sp³-hybridized carbons (Fsp3) is 0.286. The van der Waals surface area contributed by atoms with Gasteiger partial charge in [0, 0.05) is 6.21 Å². The van der Waals surface area contributed by atoms with Gasteiger partial charge in [-0.3, -0.25) is 4.79 Å². The minimum Gasteiger partial charge on any atom is -0.268 e. The van der Waals surface area contributed by atoms with Crippen LogP contribution in [-0.2, 0) is 4.79 Å². The smallest absolute Gasteiger partial charge is 0.268 e. The van der Waals surface area contributed by atoms with Crippen molar-refractivity contribution in [1.29, 1.82) is 0 Å². The lowest BCUT2D eigenvalue weighted by Crippen LogP contribution is -1.85. The van der Waals surface area contributed by atoms with Gasteiger partial charge in [-0.15, -0.1) is 0 Å². The minimum atomic E-state index is -0.288. The molecule has 0 atom stereocenters. The first kappa shape index (κ1) is 8.08. The van der Waals surface area contributed by atoms with Gasteiger partial charge >= 0.3 is 0 Å². The van der Waals surface area contributed by atoms with Crippen LogP contribution in [0.3, 0.4) is 0 Å². The van der Waals surface area contributed by atoms with Gasteiger partial charge < -0.3 is 0 Å². The van der Waals surface area contributed by atoms with Crippen molar-refractivity contribution in [2.24, 2.45) is 4.99 Å². The van der Waals surface area contributed by atoms with Crippen molar-refractivity contribution in [1.82, 2.24) is 0 Å². The Balaban J connectivity index is 3.44. The van der Waals surface area contributed by atoms with Crippen LogP contribution in [0.1, 0.15) is 12.8 Å². The summed E-state index contributed by atoms with van der Waals surface area (Å²) in [6.45, 7) is 6.84. The molecule has 0 bridgehead atoms. The third-order valence-corrected chi connectivity index (χ3v) is 0.726. The SMILES string of the molecule is [CH2]CCC=NC(=O)C=C. The van der Waals surface area contributed by atoms with E-state index in [1.807, 2.05) is 0 Å². The van der Waals surface area contributed by atoms with Crippen LogP contribution in [0.15, 0.2) is 17.6 Å². The van der Waals surface area contributed by atoms with Gasteiger partial charge in [-0.05, 0) is 18.9 Å². The number of amides is 1. The van der Waals surface area contributed by atoms with Gasteiger partial charge in [0.05, 0.1) is 0 Å². The quantitative estimate of drug-likeness (QED) is 0.413. The van der Waals surface area contributed by atoms with E-state index in [1.165, 1.54) is 6.08 Å². The molecule has 0 heterocycles. The van der Waals surface area contributed by atoms with E-state index in [-0.39, 0.29) is 5.91 Å². The van der Waals surface area contributed by atoms with E-state index in [9.17, 15) is 4.79 Å². The number of carbonyl (C=O) groups is 1. The molecule has 0 aliphatic heterocycles. The molecule has 9 heavy (non-hydrogen) atoms. The zero-order valence-corrected chi connectivity index (χ0v) is 5.34. The Labute approximate surface area is 55.3 Å². The van der Waals surface area contributed by atoms with Crippen LogP contribution in [0.4, 0.5) is 0 Å². The van der Waals surface area contributed by atoms with E-state index in [0.717, 1.165) is 12.8 Å². The van der Waals surface area contributed by atoms with Crippen LogP contribution >= 0.6 is 0 Å². The number of nitrogens with zero attached hydrogens (tertiary/aromatic N) is 1. The summed E-state index contributed by atoms with van der Waals surface area (Å²) < 4.78 is 0.